The minimum absolute atomic E-state index is 0.247. The van der Waals surface area contributed by atoms with E-state index in [9.17, 15) is 13.2 Å². The average Bonchev–Trinajstić information content (AvgIpc) is 2.67. The predicted molar refractivity (Wildman–Crippen MR) is 111 cm³/mol. The lowest BCUT2D eigenvalue weighted by Crippen LogP contribution is -2.26. The molecule has 154 valence electrons. The van der Waals surface area contributed by atoms with E-state index in [0.717, 1.165) is 48.1 Å². The average molecular weight is 402 g/mol. The minimum atomic E-state index is -4.76. The van der Waals surface area contributed by atoms with E-state index in [1.807, 2.05) is 31.2 Å². The van der Waals surface area contributed by atoms with Crippen LogP contribution in [0.5, 0.6) is 5.75 Å². The van der Waals surface area contributed by atoms with Crippen molar-refractivity contribution in [2.24, 2.45) is 0 Å². The number of rotatable bonds is 7. The fourth-order valence-corrected chi connectivity index (χ4v) is 3.73. The molecule has 0 radical (unpaired) electrons. The van der Waals surface area contributed by atoms with Crippen molar-refractivity contribution >= 4 is 16.5 Å². The number of ether oxygens (including phenoxy) is 1. The van der Waals surface area contributed by atoms with Crippen molar-refractivity contribution in [1.29, 1.82) is 0 Å². The Hall–Kier alpha value is -2.76. The number of benzene rings is 2. The van der Waals surface area contributed by atoms with Gasteiger partial charge in [-0.1, -0.05) is 50.2 Å². The smallest absolute Gasteiger partial charge is 0.405 e. The Kier molecular flexibility index (Phi) is 6.30. The van der Waals surface area contributed by atoms with E-state index in [-0.39, 0.29) is 5.75 Å². The van der Waals surface area contributed by atoms with Gasteiger partial charge in [0.25, 0.3) is 0 Å². The number of hydrogen-bond donors (Lipinski definition) is 0. The van der Waals surface area contributed by atoms with Crippen molar-refractivity contribution in [3.05, 3.63) is 54.2 Å². The maximum Gasteiger partial charge on any atom is 0.573 e. The first-order valence-electron chi connectivity index (χ1n) is 9.85. The summed E-state index contributed by atoms with van der Waals surface area (Å²) in [4.78, 5) is 7.07. The molecule has 0 saturated carbocycles. The van der Waals surface area contributed by atoms with Gasteiger partial charge in [-0.05, 0) is 31.9 Å². The Labute approximate surface area is 169 Å². The van der Waals surface area contributed by atoms with Crippen LogP contribution < -0.4 is 9.64 Å². The molecule has 0 unspecified atom stereocenters. The lowest BCUT2D eigenvalue weighted by atomic mass is 10.00. The molecule has 3 aromatic rings. The first-order chi connectivity index (χ1) is 13.9. The highest BCUT2D eigenvalue weighted by molar-refractivity contribution is 6.03. The fraction of sp³-hybridized carbons (Fsp3) is 0.348. The summed E-state index contributed by atoms with van der Waals surface area (Å²) < 4.78 is 43.0. The predicted octanol–water partition coefficient (Wildman–Crippen LogP) is 6.74. The van der Waals surface area contributed by atoms with Crippen LogP contribution in [-0.4, -0.2) is 24.4 Å². The molecule has 2 aromatic carbocycles. The second kappa shape index (κ2) is 8.72. The number of anilines is 1. The molecule has 3 rings (SSSR count). The molecule has 0 atom stereocenters. The summed E-state index contributed by atoms with van der Waals surface area (Å²) in [7, 11) is 0. The third-order valence-electron chi connectivity index (χ3n) is 4.73. The Morgan fingerprint density at radius 2 is 1.48 bits per heavy atom. The van der Waals surface area contributed by atoms with Crippen LogP contribution in [-0.2, 0) is 0 Å². The number of nitrogens with zero attached hydrogens (tertiary/aromatic N) is 2. The number of para-hydroxylation sites is 1. The van der Waals surface area contributed by atoms with E-state index in [0.29, 0.717) is 11.3 Å². The fourth-order valence-electron chi connectivity index (χ4n) is 3.73. The van der Waals surface area contributed by atoms with Gasteiger partial charge in [0.2, 0.25) is 0 Å². The van der Waals surface area contributed by atoms with Gasteiger partial charge in [-0.25, -0.2) is 0 Å². The number of alkyl halides is 3. The number of aryl methyl sites for hydroxylation is 1. The second-order valence-electron chi connectivity index (χ2n) is 6.97. The maximum absolute atomic E-state index is 12.9. The molecule has 0 fully saturated rings. The normalized spacial score (nSPS) is 11.7. The van der Waals surface area contributed by atoms with Gasteiger partial charge in [0.15, 0.2) is 0 Å². The SMILES string of the molecule is CCCN(CCC)c1c(C)nc(-c2ccccc2OC(F)(F)F)c2ccccc12. The van der Waals surface area contributed by atoms with Crippen LogP contribution in [0, 0.1) is 6.92 Å². The lowest BCUT2D eigenvalue weighted by Gasteiger charge is -2.27. The largest absolute Gasteiger partial charge is 0.573 e. The summed E-state index contributed by atoms with van der Waals surface area (Å²) in [5.74, 6) is -0.247. The first kappa shape index (κ1) is 21.0. The number of halogens is 3. The van der Waals surface area contributed by atoms with Crippen LogP contribution in [0.25, 0.3) is 22.0 Å². The molecule has 0 aliphatic heterocycles. The van der Waals surface area contributed by atoms with Crippen molar-refractivity contribution in [3.8, 4) is 17.0 Å². The standard InChI is InChI=1S/C23H25F3N2O/c1-4-14-28(15-5-2)22-16(3)27-21(17-10-6-7-11-18(17)22)19-12-8-9-13-20(19)29-23(24,25)26/h6-13H,4-5,14-15H2,1-3H3. The highest BCUT2D eigenvalue weighted by Crippen LogP contribution is 2.40. The zero-order chi connectivity index (χ0) is 21.0. The molecular weight excluding hydrogens is 377 g/mol. The van der Waals surface area contributed by atoms with Gasteiger partial charge in [0.05, 0.1) is 17.1 Å². The van der Waals surface area contributed by atoms with E-state index < -0.39 is 6.36 Å². The number of pyridine rings is 1. The summed E-state index contributed by atoms with van der Waals surface area (Å²) in [6.45, 7) is 7.97. The zero-order valence-corrected chi connectivity index (χ0v) is 16.9. The third-order valence-corrected chi connectivity index (χ3v) is 4.73. The molecule has 1 aromatic heterocycles. The maximum atomic E-state index is 12.9. The highest BCUT2D eigenvalue weighted by atomic mass is 19.4. The first-order valence-corrected chi connectivity index (χ1v) is 9.85. The van der Waals surface area contributed by atoms with Crippen molar-refractivity contribution in [1.82, 2.24) is 4.98 Å². The van der Waals surface area contributed by atoms with Crippen molar-refractivity contribution < 1.29 is 17.9 Å². The Balaban J connectivity index is 2.24. The molecule has 0 aliphatic rings. The molecule has 0 amide bonds. The van der Waals surface area contributed by atoms with Crippen molar-refractivity contribution in [3.63, 3.8) is 0 Å². The topological polar surface area (TPSA) is 25.4 Å². The van der Waals surface area contributed by atoms with Gasteiger partial charge in [0, 0.05) is 29.4 Å². The summed E-state index contributed by atoms with van der Waals surface area (Å²) >= 11 is 0. The highest BCUT2D eigenvalue weighted by Gasteiger charge is 2.32. The number of aromatic nitrogens is 1. The van der Waals surface area contributed by atoms with Crippen LogP contribution in [0.1, 0.15) is 32.4 Å². The van der Waals surface area contributed by atoms with Crippen LogP contribution in [0.15, 0.2) is 48.5 Å². The zero-order valence-electron chi connectivity index (χ0n) is 16.9. The van der Waals surface area contributed by atoms with Gasteiger partial charge >= 0.3 is 6.36 Å². The number of hydrogen-bond acceptors (Lipinski definition) is 3. The lowest BCUT2D eigenvalue weighted by molar-refractivity contribution is -0.274. The van der Waals surface area contributed by atoms with Crippen LogP contribution in [0.2, 0.25) is 0 Å². The van der Waals surface area contributed by atoms with E-state index in [1.54, 1.807) is 12.1 Å². The molecule has 0 spiro atoms. The molecule has 29 heavy (non-hydrogen) atoms. The van der Waals surface area contributed by atoms with Gasteiger partial charge < -0.3 is 9.64 Å². The minimum Gasteiger partial charge on any atom is -0.405 e. The molecule has 1 heterocycles. The molecule has 3 nitrogen and oxygen atoms in total. The molecule has 6 heteroatoms. The summed E-state index contributed by atoms with van der Waals surface area (Å²) in [5.41, 5.74) is 2.66. The summed E-state index contributed by atoms with van der Waals surface area (Å²) in [6, 6.07) is 13.9. The van der Waals surface area contributed by atoms with Crippen LogP contribution >= 0.6 is 0 Å². The Morgan fingerprint density at radius 1 is 0.897 bits per heavy atom. The Bertz CT molecular complexity index is 980. The van der Waals surface area contributed by atoms with Crippen molar-refractivity contribution in [2.45, 2.75) is 40.0 Å². The van der Waals surface area contributed by atoms with Gasteiger partial charge in [-0.2, -0.15) is 0 Å². The van der Waals surface area contributed by atoms with Gasteiger partial charge in [-0.3, -0.25) is 4.98 Å². The quantitative estimate of drug-likeness (QED) is 0.438. The van der Waals surface area contributed by atoms with Crippen LogP contribution in [0.4, 0.5) is 18.9 Å². The second-order valence-corrected chi connectivity index (χ2v) is 6.97. The molecule has 0 aliphatic carbocycles. The summed E-state index contributed by atoms with van der Waals surface area (Å²) in [5, 5.41) is 1.79. The Morgan fingerprint density at radius 3 is 2.10 bits per heavy atom. The molecule has 0 N–H and O–H groups in total. The molecule has 0 bridgehead atoms. The van der Waals surface area contributed by atoms with Crippen LogP contribution in [0.3, 0.4) is 0 Å². The van der Waals surface area contributed by atoms with Gasteiger partial charge in [0.1, 0.15) is 5.75 Å². The van der Waals surface area contributed by atoms with Gasteiger partial charge in [-0.15, -0.1) is 13.2 Å². The van der Waals surface area contributed by atoms with E-state index in [4.69, 9.17) is 4.98 Å². The summed E-state index contributed by atoms with van der Waals surface area (Å²) in [6.07, 6.45) is -2.77. The van der Waals surface area contributed by atoms with E-state index in [2.05, 4.69) is 23.5 Å². The molecule has 0 saturated heterocycles. The number of fused-ring (bicyclic) bond motifs is 1. The molecular formula is C23H25F3N2O. The monoisotopic (exact) mass is 402 g/mol. The van der Waals surface area contributed by atoms with Crippen molar-refractivity contribution in [2.75, 3.05) is 18.0 Å². The van der Waals surface area contributed by atoms with E-state index in [1.165, 1.54) is 12.1 Å². The van der Waals surface area contributed by atoms with E-state index >= 15 is 0 Å². The third kappa shape index (κ3) is 4.63.